The Balaban J connectivity index is 0.00000289. The van der Waals surface area contributed by atoms with Crippen molar-refractivity contribution in [1.29, 1.82) is 0 Å². The molecule has 0 spiro atoms. The van der Waals surface area contributed by atoms with E-state index in [1.807, 2.05) is 0 Å². The van der Waals surface area contributed by atoms with Gasteiger partial charge in [0.2, 0.25) is 0 Å². The lowest BCUT2D eigenvalue weighted by atomic mass is 10.2. The molecule has 0 bridgehead atoms. The van der Waals surface area contributed by atoms with Crippen molar-refractivity contribution in [3.8, 4) is 0 Å². The van der Waals surface area contributed by atoms with Crippen LogP contribution >= 0.6 is 0 Å². The molecule has 0 aliphatic heterocycles. The Hall–Kier alpha value is -0.313. The average Bonchev–Trinajstić information content (AvgIpc) is 2.16. The molecule has 1 rings (SSSR count). The predicted octanol–water partition coefficient (Wildman–Crippen LogP) is 0.923. The lowest BCUT2D eigenvalue weighted by molar-refractivity contribution is -0.917. The van der Waals surface area contributed by atoms with Crippen LogP contribution in [-0.4, -0.2) is 32.3 Å². The van der Waals surface area contributed by atoms with Crippen molar-refractivity contribution in [2.45, 2.75) is 45.2 Å². The van der Waals surface area contributed by atoms with Crippen LogP contribution in [0.4, 0.5) is 0 Å². The second-order valence-electron chi connectivity index (χ2n) is 6.71. The van der Waals surface area contributed by atoms with Crippen LogP contribution < -0.4 is 12.4 Å². The van der Waals surface area contributed by atoms with Gasteiger partial charge in [0.1, 0.15) is 14.6 Å². The summed E-state index contributed by atoms with van der Waals surface area (Å²) in [6, 6.07) is 10.9. The summed E-state index contributed by atoms with van der Waals surface area (Å²) >= 11 is 0. The van der Waals surface area contributed by atoms with Crippen molar-refractivity contribution in [1.82, 2.24) is 0 Å². The largest absolute Gasteiger partial charge is 1.00 e. The molecule has 1 aromatic rings. The molecule has 0 amide bonds. The highest BCUT2D eigenvalue weighted by Crippen LogP contribution is 2.24. The number of nitrogens with zero attached hydrogens (tertiary/aromatic N) is 1. The maximum atomic E-state index is 2.49. The van der Waals surface area contributed by atoms with Gasteiger partial charge in [-0.15, -0.1) is 0 Å². The first-order chi connectivity index (χ1) is 7.77. The summed E-state index contributed by atoms with van der Waals surface area (Å²) in [5, 5.41) is 0. The molecular weight excluding hydrogens is 258 g/mol. The van der Waals surface area contributed by atoms with Crippen LogP contribution in [-0.2, 0) is 6.54 Å². The predicted molar refractivity (Wildman–Crippen MR) is 79.7 cm³/mol. The van der Waals surface area contributed by atoms with Crippen molar-refractivity contribution in [3.05, 3.63) is 35.9 Å². The first-order valence-electron chi connectivity index (χ1n) is 6.64. The Labute approximate surface area is 120 Å². The van der Waals surface area contributed by atoms with E-state index in [0.29, 0.717) is 0 Å². The molecule has 0 saturated heterocycles. The molecule has 0 radical (unpaired) electrons. The van der Waals surface area contributed by atoms with Gasteiger partial charge >= 0.3 is 0 Å². The number of benzene rings is 1. The minimum Gasteiger partial charge on any atom is -1.00 e. The standard InChI is InChI=1S/C15H28NSi.ClH/c1-7-15(17(4,5)6)16(2,3)13-14-11-9-8-10-12-14;/h8-12,15H,7,13H2,1-6H3;1H/q+1;/p-1. The van der Waals surface area contributed by atoms with Crippen molar-refractivity contribution < 1.29 is 16.9 Å². The molecule has 1 aromatic carbocycles. The quantitative estimate of drug-likeness (QED) is 0.558. The maximum absolute atomic E-state index is 2.49. The molecule has 3 heteroatoms. The lowest BCUT2D eigenvalue weighted by Gasteiger charge is -2.44. The van der Waals surface area contributed by atoms with Gasteiger partial charge in [0.15, 0.2) is 0 Å². The fraction of sp³-hybridized carbons (Fsp3) is 0.600. The molecule has 1 nitrogen and oxygen atoms in total. The van der Waals surface area contributed by atoms with E-state index in [1.165, 1.54) is 12.0 Å². The minimum atomic E-state index is -1.10. The van der Waals surface area contributed by atoms with Gasteiger partial charge in [0.25, 0.3) is 0 Å². The van der Waals surface area contributed by atoms with Crippen molar-refractivity contribution in [2.75, 3.05) is 14.1 Å². The van der Waals surface area contributed by atoms with Crippen LogP contribution in [0.1, 0.15) is 18.9 Å². The monoisotopic (exact) mass is 285 g/mol. The van der Waals surface area contributed by atoms with E-state index in [4.69, 9.17) is 0 Å². The fourth-order valence-corrected chi connectivity index (χ4v) is 6.73. The smallest absolute Gasteiger partial charge is 0.114 e. The Morgan fingerprint density at radius 3 is 1.94 bits per heavy atom. The van der Waals surface area contributed by atoms with Crippen LogP contribution in [0.3, 0.4) is 0 Å². The van der Waals surface area contributed by atoms with Gasteiger partial charge in [-0.3, -0.25) is 0 Å². The Morgan fingerprint density at radius 2 is 1.56 bits per heavy atom. The summed E-state index contributed by atoms with van der Waals surface area (Å²) < 4.78 is 1.12. The highest BCUT2D eigenvalue weighted by molar-refractivity contribution is 6.77. The molecule has 1 unspecified atom stereocenters. The van der Waals surface area contributed by atoms with E-state index < -0.39 is 8.07 Å². The van der Waals surface area contributed by atoms with Gasteiger partial charge in [0.05, 0.1) is 19.8 Å². The van der Waals surface area contributed by atoms with E-state index in [9.17, 15) is 0 Å². The zero-order valence-electron chi connectivity index (χ0n) is 12.7. The SMILES string of the molecule is CCC([N+](C)(C)Cc1ccccc1)[Si](C)(C)C.[Cl-]. The summed E-state index contributed by atoms with van der Waals surface area (Å²) in [7, 11) is 3.67. The van der Waals surface area contributed by atoms with Crippen LogP contribution in [0.2, 0.25) is 19.6 Å². The molecular formula is C15H28ClNSi. The van der Waals surface area contributed by atoms with E-state index in [0.717, 1.165) is 16.7 Å². The Kier molecular flexibility index (Phi) is 6.62. The first kappa shape index (κ1) is 17.7. The first-order valence-corrected chi connectivity index (χ1v) is 10.2. The lowest BCUT2D eigenvalue weighted by Crippen LogP contribution is -3.00. The van der Waals surface area contributed by atoms with E-state index in [-0.39, 0.29) is 12.4 Å². The van der Waals surface area contributed by atoms with Gasteiger partial charge in [-0.2, -0.15) is 0 Å². The second-order valence-corrected chi connectivity index (χ2v) is 12.1. The summed E-state index contributed by atoms with van der Waals surface area (Å²) in [4.78, 5) is 0. The summed E-state index contributed by atoms with van der Waals surface area (Å²) in [6.07, 6.45) is 1.29. The van der Waals surface area contributed by atoms with Gasteiger partial charge in [-0.1, -0.05) is 56.9 Å². The number of hydrogen-bond donors (Lipinski definition) is 0. The Morgan fingerprint density at radius 1 is 1.06 bits per heavy atom. The van der Waals surface area contributed by atoms with E-state index in [1.54, 1.807) is 0 Å². The number of hydrogen-bond acceptors (Lipinski definition) is 0. The van der Waals surface area contributed by atoms with Crippen molar-refractivity contribution in [3.63, 3.8) is 0 Å². The third-order valence-electron chi connectivity index (χ3n) is 3.66. The van der Waals surface area contributed by atoms with E-state index in [2.05, 4.69) is 71.0 Å². The van der Waals surface area contributed by atoms with Crippen molar-refractivity contribution in [2.24, 2.45) is 0 Å². The third-order valence-corrected chi connectivity index (χ3v) is 6.77. The summed E-state index contributed by atoms with van der Waals surface area (Å²) in [6.45, 7) is 11.0. The zero-order valence-corrected chi connectivity index (χ0v) is 14.5. The molecule has 1 atom stereocenters. The second kappa shape index (κ2) is 6.74. The zero-order chi connectivity index (χ0) is 13.1. The average molecular weight is 286 g/mol. The minimum absolute atomic E-state index is 0. The van der Waals surface area contributed by atoms with Gasteiger partial charge < -0.3 is 16.9 Å². The molecule has 0 heterocycles. The summed E-state index contributed by atoms with van der Waals surface area (Å²) in [5.74, 6) is 0. The van der Waals surface area contributed by atoms with Crippen LogP contribution in [0, 0.1) is 0 Å². The number of rotatable bonds is 5. The number of halogens is 1. The van der Waals surface area contributed by atoms with Crippen molar-refractivity contribution >= 4 is 8.07 Å². The molecule has 0 N–H and O–H groups in total. The number of quaternary nitrogens is 1. The van der Waals surface area contributed by atoms with Gasteiger partial charge in [-0.25, -0.2) is 0 Å². The fourth-order valence-electron chi connectivity index (χ4n) is 3.32. The maximum Gasteiger partial charge on any atom is 0.114 e. The topological polar surface area (TPSA) is 0 Å². The molecule has 0 aliphatic carbocycles. The normalized spacial score (nSPS) is 13.9. The highest BCUT2D eigenvalue weighted by atomic mass is 35.5. The molecule has 0 fully saturated rings. The molecule has 18 heavy (non-hydrogen) atoms. The van der Waals surface area contributed by atoms with E-state index >= 15 is 0 Å². The van der Waals surface area contributed by atoms with Gasteiger partial charge in [-0.05, 0) is 6.42 Å². The molecule has 0 aliphatic rings. The Bertz CT molecular complexity index is 343. The molecule has 104 valence electrons. The molecule has 0 saturated carbocycles. The van der Waals surface area contributed by atoms with Crippen LogP contribution in [0.15, 0.2) is 30.3 Å². The third kappa shape index (κ3) is 4.75. The summed E-state index contributed by atoms with van der Waals surface area (Å²) in [5.41, 5.74) is 2.27. The highest BCUT2D eigenvalue weighted by Gasteiger charge is 2.38. The molecule has 0 aromatic heterocycles. The van der Waals surface area contributed by atoms with Crippen LogP contribution in [0.25, 0.3) is 0 Å². The van der Waals surface area contributed by atoms with Gasteiger partial charge in [0, 0.05) is 5.56 Å². The van der Waals surface area contributed by atoms with Crippen LogP contribution in [0.5, 0.6) is 0 Å².